The van der Waals surface area contributed by atoms with Crippen molar-refractivity contribution in [1.29, 1.82) is 0 Å². The predicted octanol–water partition coefficient (Wildman–Crippen LogP) is 2.36. The molecule has 0 spiro atoms. The summed E-state index contributed by atoms with van der Waals surface area (Å²) >= 11 is 0. The van der Waals surface area contributed by atoms with Gasteiger partial charge >= 0.3 is 0 Å². The summed E-state index contributed by atoms with van der Waals surface area (Å²) in [4.78, 5) is 12.6. The number of fused-ring (bicyclic) bond motifs is 1. The number of amides is 1. The molecule has 2 aromatic carbocycles. The third-order valence-electron chi connectivity index (χ3n) is 4.61. The van der Waals surface area contributed by atoms with Crippen LogP contribution in [-0.4, -0.2) is 40.6 Å². The van der Waals surface area contributed by atoms with Gasteiger partial charge in [-0.25, -0.2) is 13.1 Å². The second kappa shape index (κ2) is 8.84. The van der Waals surface area contributed by atoms with Crippen molar-refractivity contribution in [1.82, 2.24) is 10.0 Å². The topological polar surface area (TPSA) is 93.7 Å². The molecule has 1 aliphatic heterocycles. The van der Waals surface area contributed by atoms with Gasteiger partial charge in [-0.2, -0.15) is 0 Å². The van der Waals surface area contributed by atoms with E-state index in [1.54, 1.807) is 19.9 Å². The smallest absolute Gasteiger partial charge is 0.251 e. The number of benzene rings is 2. The van der Waals surface area contributed by atoms with Crippen LogP contribution in [0, 0.1) is 5.92 Å². The highest BCUT2D eigenvalue weighted by molar-refractivity contribution is 7.89. The Morgan fingerprint density at radius 1 is 1.24 bits per heavy atom. The monoisotopic (exact) mass is 418 g/mol. The Labute approximate surface area is 171 Å². The van der Waals surface area contributed by atoms with Gasteiger partial charge in [0.2, 0.25) is 10.0 Å². The van der Waals surface area contributed by atoms with Crippen molar-refractivity contribution in [3.63, 3.8) is 0 Å². The van der Waals surface area contributed by atoms with Crippen LogP contribution in [0.25, 0.3) is 0 Å². The van der Waals surface area contributed by atoms with Crippen LogP contribution in [0.3, 0.4) is 0 Å². The van der Waals surface area contributed by atoms with Crippen LogP contribution in [0.4, 0.5) is 0 Å². The minimum absolute atomic E-state index is 0.0590. The molecule has 1 aliphatic rings. The lowest BCUT2D eigenvalue weighted by Crippen LogP contribution is -2.35. The molecule has 2 N–H and O–H groups in total. The number of methoxy groups -OCH3 is 1. The molecule has 7 nitrogen and oxygen atoms in total. The van der Waals surface area contributed by atoms with Crippen molar-refractivity contribution in [2.75, 3.05) is 20.3 Å². The van der Waals surface area contributed by atoms with Gasteiger partial charge in [0.1, 0.15) is 16.4 Å². The largest absolute Gasteiger partial charge is 0.495 e. The molecule has 0 bridgehead atoms. The quantitative estimate of drug-likeness (QED) is 0.720. The van der Waals surface area contributed by atoms with Crippen molar-refractivity contribution in [3.8, 4) is 11.5 Å². The van der Waals surface area contributed by atoms with E-state index in [9.17, 15) is 13.2 Å². The van der Waals surface area contributed by atoms with Gasteiger partial charge in [0, 0.05) is 24.1 Å². The molecule has 156 valence electrons. The minimum atomic E-state index is -3.80. The van der Waals surface area contributed by atoms with E-state index in [-0.39, 0.29) is 34.1 Å². The van der Waals surface area contributed by atoms with Crippen molar-refractivity contribution in [2.45, 2.75) is 31.2 Å². The summed E-state index contributed by atoms with van der Waals surface area (Å²) in [5, 5.41) is 2.88. The number of para-hydroxylation sites is 1. The van der Waals surface area contributed by atoms with Crippen LogP contribution in [0.15, 0.2) is 47.4 Å². The molecule has 0 radical (unpaired) electrons. The van der Waals surface area contributed by atoms with Crippen molar-refractivity contribution in [2.24, 2.45) is 5.92 Å². The van der Waals surface area contributed by atoms with Gasteiger partial charge < -0.3 is 14.8 Å². The summed E-state index contributed by atoms with van der Waals surface area (Å²) in [5.41, 5.74) is 1.38. The van der Waals surface area contributed by atoms with Crippen LogP contribution in [-0.2, 0) is 16.4 Å². The zero-order valence-electron chi connectivity index (χ0n) is 16.8. The van der Waals surface area contributed by atoms with Crippen LogP contribution in [0.5, 0.6) is 11.5 Å². The summed E-state index contributed by atoms with van der Waals surface area (Å²) in [6.45, 7) is 4.42. The second-order valence-electron chi connectivity index (χ2n) is 7.34. The van der Waals surface area contributed by atoms with E-state index in [0.29, 0.717) is 13.2 Å². The first-order valence-electron chi connectivity index (χ1n) is 9.49. The molecule has 0 aromatic heterocycles. The lowest BCUT2D eigenvalue weighted by molar-refractivity contribution is 0.0938. The fourth-order valence-corrected chi connectivity index (χ4v) is 4.71. The first-order chi connectivity index (χ1) is 13.8. The number of rotatable bonds is 7. The minimum Gasteiger partial charge on any atom is -0.495 e. The van der Waals surface area contributed by atoms with Crippen molar-refractivity contribution < 1.29 is 22.7 Å². The summed E-state index contributed by atoms with van der Waals surface area (Å²) in [6, 6.07) is 12.0. The van der Waals surface area contributed by atoms with E-state index in [1.807, 2.05) is 24.3 Å². The van der Waals surface area contributed by atoms with E-state index < -0.39 is 10.0 Å². The van der Waals surface area contributed by atoms with E-state index in [0.717, 1.165) is 17.7 Å². The fourth-order valence-electron chi connectivity index (χ4n) is 3.26. The second-order valence-corrected chi connectivity index (χ2v) is 9.02. The Balaban J connectivity index is 1.71. The molecule has 1 atom stereocenters. The Morgan fingerprint density at radius 2 is 2.00 bits per heavy atom. The maximum atomic E-state index is 12.6. The molecule has 3 rings (SSSR count). The molecule has 1 unspecified atom stereocenters. The van der Waals surface area contributed by atoms with E-state index >= 15 is 0 Å². The highest BCUT2D eigenvalue weighted by Gasteiger charge is 2.24. The van der Waals surface area contributed by atoms with Crippen molar-refractivity contribution >= 4 is 15.9 Å². The van der Waals surface area contributed by atoms with Crippen molar-refractivity contribution in [3.05, 3.63) is 53.6 Å². The maximum Gasteiger partial charge on any atom is 0.251 e. The summed E-state index contributed by atoms with van der Waals surface area (Å²) < 4.78 is 38.6. The SMILES string of the molecule is COc1ccc(C(=O)NCC2COc3ccccc3C2)cc1S(=O)(=O)NC(C)C. The normalized spacial score (nSPS) is 16.1. The Morgan fingerprint density at radius 3 is 2.72 bits per heavy atom. The zero-order chi connectivity index (χ0) is 21.0. The van der Waals surface area contributed by atoms with Crippen LogP contribution in [0.1, 0.15) is 29.8 Å². The molecule has 8 heteroatoms. The van der Waals surface area contributed by atoms with E-state index in [4.69, 9.17) is 9.47 Å². The Hall–Kier alpha value is -2.58. The number of hydrogen-bond donors (Lipinski definition) is 2. The van der Waals surface area contributed by atoms with Crippen LogP contribution in [0.2, 0.25) is 0 Å². The van der Waals surface area contributed by atoms with Gasteiger partial charge in [-0.1, -0.05) is 18.2 Å². The fraction of sp³-hybridized carbons (Fsp3) is 0.381. The van der Waals surface area contributed by atoms with Crippen LogP contribution >= 0.6 is 0 Å². The maximum absolute atomic E-state index is 12.6. The molecule has 1 amide bonds. The zero-order valence-corrected chi connectivity index (χ0v) is 17.6. The van der Waals surface area contributed by atoms with Gasteiger partial charge in [0.05, 0.1) is 13.7 Å². The first-order valence-corrected chi connectivity index (χ1v) is 11.0. The molecule has 29 heavy (non-hydrogen) atoms. The first kappa shape index (κ1) is 21.1. The number of nitrogens with one attached hydrogen (secondary N) is 2. The molecular formula is C21H26N2O5S. The third kappa shape index (κ3) is 5.07. The number of carbonyl (C=O) groups is 1. The van der Waals surface area contributed by atoms with Gasteiger partial charge in [0.25, 0.3) is 5.91 Å². The number of ether oxygens (including phenoxy) is 2. The van der Waals surface area contributed by atoms with Gasteiger partial charge in [-0.15, -0.1) is 0 Å². The third-order valence-corrected chi connectivity index (χ3v) is 6.29. The molecule has 0 saturated carbocycles. The molecule has 0 saturated heterocycles. The van der Waals surface area contributed by atoms with Gasteiger partial charge in [-0.3, -0.25) is 4.79 Å². The molecule has 1 heterocycles. The average Bonchev–Trinajstić information content (AvgIpc) is 2.70. The lowest BCUT2D eigenvalue weighted by atomic mass is 9.96. The van der Waals surface area contributed by atoms with E-state index in [1.165, 1.54) is 19.2 Å². The van der Waals surface area contributed by atoms with Gasteiger partial charge in [-0.05, 0) is 50.1 Å². The highest BCUT2D eigenvalue weighted by atomic mass is 32.2. The molecular weight excluding hydrogens is 392 g/mol. The summed E-state index contributed by atoms with van der Waals surface area (Å²) in [7, 11) is -2.41. The number of hydrogen-bond acceptors (Lipinski definition) is 5. The predicted molar refractivity (Wildman–Crippen MR) is 110 cm³/mol. The molecule has 0 fully saturated rings. The number of carbonyl (C=O) groups excluding carboxylic acids is 1. The van der Waals surface area contributed by atoms with E-state index in [2.05, 4.69) is 10.0 Å². The average molecular weight is 419 g/mol. The molecule has 2 aromatic rings. The summed E-state index contributed by atoms with van der Waals surface area (Å²) in [6.07, 6.45) is 0.816. The van der Waals surface area contributed by atoms with Gasteiger partial charge in [0.15, 0.2) is 0 Å². The summed E-state index contributed by atoms with van der Waals surface area (Å²) in [5.74, 6) is 0.884. The standard InChI is InChI=1S/C21H26N2O5S/c1-14(2)23-29(25,26)20-11-17(8-9-19(20)27-3)21(24)22-12-15-10-16-6-4-5-7-18(16)28-13-15/h4-9,11,14-15,23H,10,12-13H2,1-3H3,(H,22,24). The Kier molecular flexibility index (Phi) is 6.44. The van der Waals surface area contributed by atoms with Crippen LogP contribution < -0.4 is 19.5 Å². The Bertz CT molecular complexity index is 988. The number of sulfonamides is 1. The molecule has 0 aliphatic carbocycles. The lowest BCUT2D eigenvalue weighted by Gasteiger charge is -2.25. The highest BCUT2D eigenvalue weighted by Crippen LogP contribution is 2.27.